The summed E-state index contributed by atoms with van der Waals surface area (Å²) in [6, 6.07) is -0.118. The molecule has 1 aliphatic rings. The molecule has 1 aliphatic carbocycles. The molecular formula is C14H23N3O2S. The molecule has 2 amide bonds. The minimum atomic E-state index is -0.122. The molecule has 5 nitrogen and oxygen atoms in total. The number of carbonyl (C=O) groups excluding carboxylic acids is 1. The summed E-state index contributed by atoms with van der Waals surface area (Å²) in [5, 5.41) is 6.86. The minimum Gasteiger partial charge on any atom is -0.376 e. The lowest BCUT2D eigenvalue weighted by atomic mass is 9.80. The van der Waals surface area contributed by atoms with Gasteiger partial charge in [0.2, 0.25) is 0 Å². The van der Waals surface area contributed by atoms with Crippen LogP contribution in [0.5, 0.6) is 0 Å². The highest BCUT2D eigenvalue weighted by Gasteiger charge is 2.37. The van der Waals surface area contributed by atoms with E-state index in [9.17, 15) is 4.79 Å². The van der Waals surface area contributed by atoms with Crippen molar-refractivity contribution < 1.29 is 9.53 Å². The van der Waals surface area contributed by atoms with E-state index >= 15 is 0 Å². The second-order valence-corrected chi connectivity index (χ2v) is 6.63. The highest BCUT2D eigenvalue weighted by molar-refractivity contribution is 7.11. The lowest BCUT2D eigenvalue weighted by Gasteiger charge is -2.40. The van der Waals surface area contributed by atoms with Crippen molar-refractivity contribution in [3.8, 4) is 0 Å². The molecular weight excluding hydrogens is 274 g/mol. The molecule has 0 radical (unpaired) electrons. The van der Waals surface area contributed by atoms with E-state index in [0.717, 1.165) is 30.0 Å². The fraction of sp³-hybridized carbons (Fsp3) is 0.714. The number of hydrogen-bond acceptors (Lipinski definition) is 4. The number of hydrogen-bond donors (Lipinski definition) is 2. The van der Waals surface area contributed by atoms with Crippen molar-refractivity contribution >= 4 is 17.4 Å². The maximum Gasteiger partial charge on any atom is 0.314 e. The van der Waals surface area contributed by atoms with E-state index in [2.05, 4.69) is 15.6 Å². The summed E-state index contributed by atoms with van der Waals surface area (Å²) in [5.74, 6) is 0. The van der Waals surface area contributed by atoms with Crippen LogP contribution in [0.1, 0.15) is 34.8 Å². The molecule has 0 spiro atoms. The highest BCUT2D eigenvalue weighted by atomic mass is 32.1. The third-order valence-corrected chi connectivity index (χ3v) is 5.04. The Bertz CT molecular complexity index is 463. The first kappa shape index (κ1) is 15.3. The number of carbonyl (C=O) groups is 1. The van der Waals surface area contributed by atoms with E-state index in [-0.39, 0.29) is 11.6 Å². The van der Waals surface area contributed by atoms with E-state index in [1.165, 1.54) is 11.3 Å². The Morgan fingerprint density at radius 1 is 1.40 bits per heavy atom. The van der Waals surface area contributed by atoms with E-state index in [1.807, 2.05) is 13.8 Å². The van der Waals surface area contributed by atoms with Gasteiger partial charge in [-0.1, -0.05) is 0 Å². The minimum absolute atomic E-state index is 0.118. The number of aryl methyl sites for hydroxylation is 2. The van der Waals surface area contributed by atoms with Crippen LogP contribution >= 0.6 is 11.3 Å². The summed E-state index contributed by atoms with van der Waals surface area (Å²) in [4.78, 5) is 17.4. The molecule has 0 aliphatic heterocycles. The Balaban J connectivity index is 1.66. The van der Waals surface area contributed by atoms with Gasteiger partial charge in [-0.05, 0) is 33.1 Å². The number of thiazole rings is 1. The first-order valence-corrected chi connectivity index (χ1v) is 7.86. The van der Waals surface area contributed by atoms with Gasteiger partial charge >= 0.3 is 6.03 Å². The number of urea groups is 1. The lowest BCUT2D eigenvalue weighted by Crippen LogP contribution is -2.51. The zero-order valence-corrected chi connectivity index (χ0v) is 13.2. The largest absolute Gasteiger partial charge is 0.376 e. The maximum absolute atomic E-state index is 11.7. The highest BCUT2D eigenvalue weighted by Crippen LogP contribution is 2.34. The van der Waals surface area contributed by atoms with Crippen LogP contribution in [-0.4, -0.2) is 36.8 Å². The molecule has 1 heterocycles. The van der Waals surface area contributed by atoms with Crippen LogP contribution in [0.25, 0.3) is 0 Å². The van der Waals surface area contributed by atoms with Gasteiger partial charge in [0.1, 0.15) is 0 Å². The molecule has 0 unspecified atom stereocenters. The van der Waals surface area contributed by atoms with Crippen LogP contribution in [0.3, 0.4) is 0 Å². The van der Waals surface area contributed by atoms with E-state index in [4.69, 9.17) is 4.74 Å². The van der Waals surface area contributed by atoms with Gasteiger partial charge < -0.3 is 15.4 Å². The Morgan fingerprint density at radius 2 is 2.15 bits per heavy atom. The summed E-state index contributed by atoms with van der Waals surface area (Å²) in [5.41, 5.74) is 0.949. The molecule has 1 aromatic rings. The van der Waals surface area contributed by atoms with E-state index in [1.54, 1.807) is 18.4 Å². The summed E-state index contributed by atoms with van der Waals surface area (Å²) in [7, 11) is 1.72. The molecule has 112 valence electrons. The van der Waals surface area contributed by atoms with Crippen molar-refractivity contribution in [2.24, 2.45) is 0 Å². The quantitative estimate of drug-likeness (QED) is 0.846. The normalized spacial score (nSPS) is 16.6. The average Bonchev–Trinajstić information content (AvgIpc) is 2.67. The van der Waals surface area contributed by atoms with Crippen LogP contribution in [-0.2, 0) is 11.2 Å². The standard InChI is InChI=1S/C14H23N3O2S/c1-10-12(20-11(2)17-10)5-8-15-13(18)16-9-14(19-3)6-4-7-14/h4-9H2,1-3H3,(H2,15,16,18). The number of rotatable bonds is 6. The first-order chi connectivity index (χ1) is 9.54. The van der Waals surface area contributed by atoms with Crippen molar-refractivity contribution in [3.63, 3.8) is 0 Å². The molecule has 20 heavy (non-hydrogen) atoms. The van der Waals surface area contributed by atoms with Gasteiger partial charge in [0.15, 0.2) is 0 Å². The molecule has 0 bridgehead atoms. The summed E-state index contributed by atoms with van der Waals surface area (Å²) in [6.45, 7) is 5.24. The molecule has 0 atom stereocenters. The SMILES string of the molecule is COC1(CNC(=O)NCCc2sc(C)nc2C)CCC1. The first-order valence-electron chi connectivity index (χ1n) is 7.04. The second-order valence-electron chi connectivity index (χ2n) is 5.34. The number of nitrogens with one attached hydrogen (secondary N) is 2. The zero-order valence-electron chi connectivity index (χ0n) is 12.4. The van der Waals surface area contributed by atoms with Gasteiger partial charge in [-0.3, -0.25) is 0 Å². The Morgan fingerprint density at radius 3 is 2.65 bits per heavy atom. The van der Waals surface area contributed by atoms with Crippen molar-refractivity contribution in [2.75, 3.05) is 20.2 Å². The fourth-order valence-corrected chi connectivity index (χ4v) is 3.36. The van der Waals surface area contributed by atoms with Crippen LogP contribution in [0.2, 0.25) is 0 Å². The van der Waals surface area contributed by atoms with Gasteiger partial charge in [0, 0.05) is 31.5 Å². The van der Waals surface area contributed by atoms with Crippen LogP contribution in [0.15, 0.2) is 0 Å². The smallest absolute Gasteiger partial charge is 0.314 e. The molecule has 2 N–H and O–H groups in total. The molecule has 1 fully saturated rings. The predicted octanol–water partition coefficient (Wildman–Crippen LogP) is 2.17. The molecule has 6 heteroatoms. The number of nitrogens with zero attached hydrogens (tertiary/aromatic N) is 1. The number of amides is 2. The molecule has 1 aromatic heterocycles. The third kappa shape index (κ3) is 3.70. The Kier molecular flexibility index (Phi) is 4.99. The van der Waals surface area contributed by atoms with E-state index in [0.29, 0.717) is 13.1 Å². The van der Waals surface area contributed by atoms with Crippen molar-refractivity contribution in [1.82, 2.24) is 15.6 Å². The Hall–Kier alpha value is -1.14. The second kappa shape index (κ2) is 6.54. The summed E-state index contributed by atoms with van der Waals surface area (Å²) in [6.07, 6.45) is 4.08. The van der Waals surface area contributed by atoms with Gasteiger partial charge in [0.25, 0.3) is 0 Å². The summed E-state index contributed by atoms with van der Waals surface area (Å²) < 4.78 is 5.47. The zero-order chi connectivity index (χ0) is 14.6. The fourth-order valence-electron chi connectivity index (χ4n) is 2.42. The predicted molar refractivity (Wildman–Crippen MR) is 80.3 cm³/mol. The average molecular weight is 297 g/mol. The number of ether oxygens (including phenoxy) is 1. The Labute approximate surface area is 124 Å². The maximum atomic E-state index is 11.7. The van der Waals surface area contributed by atoms with Crippen molar-refractivity contribution in [3.05, 3.63) is 15.6 Å². The molecule has 1 saturated carbocycles. The summed E-state index contributed by atoms with van der Waals surface area (Å²) >= 11 is 1.70. The monoisotopic (exact) mass is 297 g/mol. The lowest BCUT2D eigenvalue weighted by molar-refractivity contribution is -0.0673. The molecule has 0 aromatic carbocycles. The van der Waals surface area contributed by atoms with Crippen molar-refractivity contribution in [2.45, 2.75) is 45.1 Å². The van der Waals surface area contributed by atoms with Gasteiger partial charge in [-0.2, -0.15) is 0 Å². The third-order valence-electron chi connectivity index (χ3n) is 3.91. The van der Waals surface area contributed by atoms with Crippen LogP contribution in [0.4, 0.5) is 4.79 Å². The van der Waals surface area contributed by atoms with Gasteiger partial charge in [-0.15, -0.1) is 11.3 Å². The molecule has 0 saturated heterocycles. The van der Waals surface area contributed by atoms with E-state index < -0.39 is 0 Å². The number of aromatic nitrogens is 1. The van der Waals surface area contributed by atoms with Crippen LogP contribution < -0.4 is 10.6 Å². The van der Waals surface area contributed by atoms with Crippen LogP contribution in [0, 0.1) is 13.8 Å². The topological polar surface area (TPSA) is 63.2 Å². The van der Waals surface area contributed by atoms with Gasteiger partial charge in [0.05, 0.1) is 16.3 Å². The van der Waals surface area contributed by atoms with Gasteiger partial charge in [-0.25, -0.2) is 9.78 Å². The van der Waals surface area contributed by atoms with Crippen molar-refractivity contribution in [1.29, 1.82) is 0 Å². The number of methoxy groups -OCH3 is 1. The molecule has 2 rings (SSSR count).